The van der Waals surface area contributed by atoms with Gasteiger partial charge in [-0.3, -0.25) is 4.79 Å². The molecule has 1 aromatic heterocycles. The molecule has 2 rings (SSSR count). The van der Waals surface area contributed by atoms with Crippen molar-refractivity contribution in [3.05, 3.63) is 45.4 Å². The molecule has 19 heavy (non-hydrogen) atoms. The molecule has 0 bridgehead atoms. The highest BCUT2D eigenvalue weighted by Gasteiger charge is 2.11. The van der Waals surface area contributed by atoms with Gasteiger partial charge in [0.05, 0.1) is 12.1 Å². The molecule has 0 unspecified atom stereocenters. The normalized spacial score (nSPS) is 10.4. The molecule has 5 heteroatoms. The smallest absolute Gasteiger partial charge is 0.255 e. The van der Waals surface area contributed by atoms with Crippen molar-refractivity contribution in [3.63, 3.8) is 0 Å². The van der Waals surface area contributed by atoms with E-state index >= 15 is 0 Å². The Balaban J connectivity index is 2.03. The van der Waals surface area contributed by atoms with Crippen molar-refractivity contribution in [2.75, 3.05) is 0 Å². The average Bonchev–Trinajstić information content (AvgIpc) is 2.87. The fourth-order valence-corrected chi connectivity index (χ4v) is 2.48. The summed E-state index contributed by atoms with van der Waals surface area (Å²) in [6, 6.07) is 4.97. The molecule has 0 atom stereocenters. The Kier molecular flexibility index (Phi) is 4.16. The second-order valence-corrected chi connectivity index (χ2v) is 5.48. The van der Waals surface area contributed by atoms with Gasteiger partial charge in [-0.2, -0.15) is 0 Å². The summed E-state index contributed by atoms with van der Waals surface area (Å²) in [5.74, 6) is -0.286. The Bertz CT molecular complexity index is 593. The molecular weight excluding hydrogens is 260 g/mol. The third-order valence-corrected chi connectivity index (χ3v) is 3.89. The van der Waals surface area contributed by atoms with E-state index in [1.165, 1.54) is 10.9 Å². The van der Waals surface area contributed by atoms with Gasteiger partial charge in [0.1, 0.15) is 10.8 Å². The predicted molar refractivity (Wildman–Crippen MR) is 75.5 cm³/mol. The van der Waals surface area contributed by atoms with Crippen LogP contribution in [0.5, 0.6) is 5.75 Å². The van der Waals surface area contributed by atoms with Crippen LogP contribution in [0.3, 0.4) is 0 Å². The quantitative estimate of drug-likeness (QED) is 0.902. The maximum atomic E-state index is 12.0. The Hall–Kier alpha value is -1.88. The second kappa shape index (κ2) is 5.84. The summed E-state index contributed by atoms with van der Waals surface area (Å²) in [6.45, 7) is 4.34. The summed E-state index contributed by atoms with van der Waals surface area (Å²) in [6.07, 6.45) is 2.78. The molecule has 1 aromatic carbocycles. The largest absolute Gasteiger partial charge is 0.507 e. The lowest BCUT2D eigenvalue weighted by Crippen LogP contribution is -2.22. The van der Waals surface area contributed by atoms with Crippen LogP contribution in [0.2, 0.25) is 0 Å². The van der Waals surface area contributed by atoms with Crippen molar-refractivity contribution < 1.29 is 9.90 Å². The molecule has 0 spiro atoms. The molecule has 1 amide bonds. The van der Waals surface area contributed by atoms with Gasteiger partial charge in [-0.1, -0.05) is 18.6 Å². The summed E-state index contributed by atoms with van der Waals surface area (Å²) >= 11 is 1.59. The number of phenols is 1. The molecule has 0 fully saturated rings. The third kappa shape index (κ3) is 3.32. The van der Waals surface area contributed by atoms with Crippen LogP contribution >= 0.6 is 11.3 Å². The molecule has 100 valence electrons. The van der Waals surface area contributed by atoms with Gasteiger partial charge in [0.2, 0.25) is 0 Å². The first-order valence-electron chi connectivity index (χ1n) is 6.11. The summed E-state index contributed by atoms with van der Waals surface area (Å²) < 4.78 is 0. The van der Waals surface area contributed by atoms with Gasteiger partial charge < -0.3 is 10.4 Å². The molecule has 4 nitrogen and oxygen atoms in total. The standard InChI is InChI=1S/C14H16N2O2S/c1-3-10-7-15-13(19-10)8-16-14(18)11-6-9(2)4-5-12(11)17/h4-7,17H,3,8H2,1-2H3,(H,16,18). The van der Waals surface area contributed by atoms with Crippen LogP contribution < -0.4 is 5.32 Å². The number of hydrogen-bond donors (Lipinski definition) is 2. The average molecular weight is 276 g/mol. The van der Waals surface area contributed by atoms with E-state index in [1.54, 1.807) is 23.5 Å². The third-order valence-electron chi connectivity index (χ3n) is 2.75. The molecule has 2 N–H and O–H groups in total. The molecule has 0 radical (unpaired) electrons. The van der Waals surface area contributed by atoms with Gasteiger partial charge in [0.15, 0.2) is 0 Å². The highest BCUT2D eigenvalue weighted by molar-refractivity contribution is 7.11. The van der Waals surface area contributed by atoms with E-state index in [9.17, 15) is 9.90 Å². The summed E-state index contributed by atoms with van der Waals surface area (Å²) in [5, 5.41) is 13.3. The monoisotopic (exact) mass is 276 g/mol. The highest BCUT2D eigenvalue weighted by atomic mass is 32.1. The molecule has 1 heterocycles. The van der Waals surface area contributed by atoms with E-state index in [1.807, 2.05) is 13.1 Å². The van der Waals surface area contributed by atoms with E-state index in [-0.39, 0.29) is 11.7 Å². The lowest BCUT2D eigenvalue weighted by atomic mass is 10.1. The van der Waals surface area contributed by atoms with Gasteiger partial charge in [0.25, 0.3) is 5.91 Å². The Morgan fingerprint density at radius 3 is 2.95 bits per heavy atom. The lowest BCUT2D eigenvalue weighted by molar-refractivity contribution is 0.0948. The number of phenolic OH excluding ortho intramolecular Hbond substituents is 1. The number of amides is 1. The molecule has 0 saturated carbocycles. The number of nitrogens with zero attached hydrogens (tertiary/aromatic N) is 1. The zero-order valence-electron chi connectivity index (χ0n) is 10.9. The van der Waals surface area contributed by atoms with Gasteiger partial charge in [0, 0.05) is 11.1 Å². The summed E-state index contributed by atoms with van der Waals surface area (Å²) in [5.41, 5.74) is 1.23. The first-order chi connectivity index (χ1) is 9.10. The van der Waals surface area contributed by atoms with E-state index in [2.05, 4.69) is 17.2 Å². The number of benzene rings is 1. The molecular formula is C14H16N2O2S. The van der Waals surface area contributed by atoms with E-state index in [0.717, 1.165) is 17.0 Å². The topological polar surface area (TPSA) is 62.2 Å². The first kappa shape index (κ1) is 13.5. The number of aromatic hydroxyl groups is 1. The lowest BCUT2D eigenvalue weighted by Gasteiger charge is -2.06. The molecule has 0 aliphatic heterocycles. The Morgan fingerprint density at radius 2 is 2.26 bits per heavy atom. The summed E-state index contributed by atoms with van der Waals surface area (Å²) in [7, 11) is 0. The van der Waals surface area contributed by atoms with Gasteiger partial charge in [-0.25, -0.2) is 4.98 Å². The zero-order valence-corrected chi connectivity index (χ0v) is 11.8. The molecule has 0 aliphatic carbocycles. The maximum absolute atomic E-state index is 12.0. The van der Waals surface area contributed by atoms with Crippen molar-refractivity contribution >= 4 is 17.2 Å². The van der Waals surface area contributed by atoms with Crippen LogP contribution in [-0.2, 0) is 13.0 Å². The Morgan fingerprint density at radius 1 is 1.47 bits per heavy atom. The summed E-state index contributed by atoms with van der Waals surface area (Å²) in [4.78, 5) is 17.4. The van der Waals surface area contributed by atoms with Crippen molar-refractivity contribution in [3.8, 4) is 5.75 Å². The molecule has 0 saturated heterocycles. The van der Waals surface area contributed by atoms with Gasteiger partial charge in [-0.15, -0.1) is 11.3 Å². The SMILES string of the molecule is CCc1cnc(CNC(=O)c2cc(C)ccc2O)s1. The first-order valence-corrected chi connectivity index (χ1v) is 6.93. The predicted octanol–water partition coefficient (Wildman–Crippen LogP) is 2.65. The van der Waals surface area contributed by atoms with Crippen molar-refractivity contribution in [1.29, 1.82) is 0 Å². The van der Waals surface area contributed by atoms with Gasteiger partial charge in [-0.05, 0) is 25.5 Å². The van der Waals surface area contributed by atoms with Crippen LogP contribution in [0.4, 0.5) is 0 Å². The number of rotatable bonds is 4. The van der Waals surface area contributed by atoms with Crippen molar-refractivity contribution in [1.82, 2.24) is 10.3 Å². The minimum atomic E-state index is -0.283. The van der Waals surface area contributed by atoms with Crippen LogP contribution in [0.25, 0.3) is 0 Å². The van der Waals surface area contributed by atoms with Crippen LogP contribution in [0, 0.1) is 6.92 Å². The molecule has 0 aliphatic rings. The number of thiazole rings is 1. The fraction of sp³-hybridized carbons (Fsp3) is 0.286. The number of carbonyl (C=O) groups is 1. The maximum Gasteiger partial charge on any atom is 0.255 e. The number of aryl methyl sites for hydroxylation is 2. The zero-order chi connectivity index (χ0) is 13.8. The number of carbonyl (C=O) groups excluding carboxylic acids is 1. The van der Waals surface area contributed by atoms with Gasteiger partial charge >= 0.3 is 0 Å². The van der Waals surface area contributed by atoms with Crippen LogP contribution in [-0.4, -0.2) is 16.0 Å². The number of aromatic nitrogens is 1. The minimum absolute atomic E-state index is 0.00325. The van der Waals surface area contributed by atoms with Crippen LogP contribution in [0.1, 0.15) is 32.7 Å². The van der Waals surface area contributed by atoms with Crippen molar-refractivity contribution in [2.24, 2.45) is 0 Å². The fourth-order valence-electron chi connectivity index (χ4n) is 1.68. The minimum Gasteiger partial charge on any atom is -0.507 e. The highest BCUT2D eigenvalue weighted by Crippen LogP contribution is 2.18. The number of nitrogens with one attached hydrogen (secondary N) is 1. The number of hydrogen-bond acceptors (Lipinski definition) is 4. The van der Waals surface area contributed by atoms with E-state index < -0.39 is 0 Å². The Labute approximate surface area is 116 Å². The van der Waals surface area contributed by atoms with Crippen LogP contribution in [0.15, 0.2) is 24.4 Å². The van der Waals surface area contributed by atoms with E-state index in [0.29, 0.717) is 12.1 Å². The molecule has 2 aromatic rings. The van der Waals surface area contributed by atoms with E-state index in [4.69, 9.17) is 0 Å². The van der Waals surface area contributed by atoms with Crippen molar-refractivity contribution in [2.45, 2.75) is 26.8 Å². The second-order valence-electron chi connectivity index (χ2n) is 4.28.